The summed E-state index contributed by atoms with van der Waals surface area (Å²) in [5.41, 5.74) is 9.95. The van der Waals surface area contributed by atoms with E-state index in [-0.39, 0.29) is 0 Å². The van der Waals surface area contributed by atoms with E-state index < -0.39 is 0 Å². The first-order chi connectivity index (χ1) is 25.8. The summed E-state index contributed by atoms with van der Waals surface area (Å²) in [7, 11) is 0. The van der Waals surface area contributed by atoms with Crippen LogP contribution in [0.2, 0.25) is 0 Å². The molecule has 0 radical (unpaired) electrons. The van der Waals surface area contributed by atoms with Crippen molar-refractivity contribution in [2.24, 2.45) is 0 Å². The Morgan fingerprint density at radius 3 is 1.04 bits per heavy atom. The lowest BCUT2D eigenvalue weighted by molar-refractivity contribution is 1.63. The van der Waals surface area contributed by atoms with Crippen LogP contribution in [-0.2, 0) is 0 Å². The predicted octanol–water partition coefficient (Wildman–Crippen LogP) is 15.4. The highest BCUT2D eigenvalue weighted by molar-refractivity contribution is 7.26. The fraction of sp³-hybridized carbons (Fsp3) is 0. The lowest BCUT2D eigenvalue weighted by Crippen LogP contribution is -1.93. The molecule has 242 valence electrons. The summed E-state index contributed by atoms with van der Waals surface area (Å²) in [6.45, 7) is 0. The predicted molar refractivity (Wildman–Crippen MR) is 229 cm³/mol. The van der Waals surface area contributed by atoms with Crippen LogP contribution in [0.4, 0.5) is 0 Å². The van der Waals surface area contributed by atoms with E-state index in [1.54, 1.807) is 0 Å². The minimum absolute atomic E-state index is 1.22. The number of rotatable bonds is 4. The largest absolute Gasteiger partial charge is 0.135 e. The van der Waals surface area contributed by atoms with Gasteiger partial charge in [-0.2, -0.15) is 0 Å². The average molecular weight is 695 g/mol. The van der Waals surface area contributed by atoms with Crippen LogP contribution in [-0.4, -0.2) is 0 Å². The van der Waals surface area contributed by atoms with Gasteiger partial charge in [-0.1, -0.05) is 133 Å². The molecule has 11 aromatic rings. The Kier molecular flexibility index (Phi) is 6.70. The zero-order valence-electron chi connectivity index (χ0n) is 28.1. The van der Waals surface area contributed by atoms with Crippen LogP contribution >= 0.6 is 22.7 Å². The second-order valence-corrected chi connectivity index (χ2v) is 15.8. The summed E-state index contributed by atoms with van der Waals surface area (Å²) in [5, 5.41) is 10.3. The molecule has 2 aromatic heterocycles. The maximum Gasteiger partial charge on any atom is 0.0355 e. The highest BCUT2D eigenvalue weighted by Crippen LogP contribution is 2.48. The molecule has 0 aliphatic rings. The number of hydrogen-bond acceptors (Lipinski definition) is 2. The molecule has 0 saturated carbocycles. The molecule has 0 unspecified atom stereocenters. The Bertz CT molecular complexity index is 2950. The van der Waals surface area contributed by atoms with Gasteiger partial charge in [0.15, 0.2) is 0 Å². The Hall–Kier alpha value is -6.06. The summed E-state index contributed by atoms with van der Waals surface area (Å²) >= 11 is 3.75. The van der Waals surface area contributed by atoms with Crippen LogP contribution in [0, 0.1) is 0 Å². The number of thiophene rings is 2. The molecule has 2 heterocycles. The van der Waals surface area contributed by atoms with Crippen LogP contribution in [0.25, 0.3) is 106 Å². The molecule has 0 saturated heterocycles. The van der Waals surface area contributed by atoms with Crippen molar-refractivity contribution >= 4 is 84.6 Å². The minimum Gasteiger partial charge on any atom is -0.135 e. The Morgan fingerprint density at radius 2 is 0.577 bits per heavy atom. The fourth-order valence-corrected chi connectivity index (χ4v) is 10.4. The molecule has 0 aliphatic heterocycles. The van der Waals surface area contributed by atoms with Gasteiger partial charge >= 0.3 is 0 Å². The van der Waals surface area contributed by atoms with Gasteiger partial charge in [-0.05, 0) is 115 Å². The topological polar surface area (TPSA) is 0 Å². The Morgan fingerprint density at radius 1 is 0.212 bits per heavy atom. The van der Waals surface area contributed by atoms with Crippen LogP contribution in [0.3, 0.4) is 0 Å². The van der Waals surface area contributed by atoms with Gasteiger partial charge < -0.3 is 0 Å². The van der Waals surface area contributed by atoms with Crippen LogP contribution in [0.1, 0.15) is 0 Å². The third-order valence-electron chi connectivity index (χ3n) is 10.7. The highest BCUT2D eigenvalue weighted by atomic mass is 32.1. The van der Waals surface area contributed by atoms with Crippen LogP contribution < -0.4 is 0 Å². The zero-order valence-corrected chi connectivity index (χ0v) is 29.8. The van der Waals surface area contributed by atoms with Gasteiger partial charge in [0.25, 0.3) is 0 Å². The normalized spacial score (nSPS) is 11.8. The van der Waals surface area contributed by atoms with Gasteiger partial charge in [0, 0.05) is 40.3 Å². The molecule has 0 nitrogen and oxygen atoms in total. The molecule has 0 atom stereocenters. The molecule has 0 bridgehead atoms. The van der Waals surface area contributed by atoms with E-state index in [0.29, 0.717) is 0 Å². The second-order valence-electron chi connectivity index (χ2n) is 13.6. The van der Waals surface area contributed by atoms with Gasteiger partial charge in [-0.3, -0.25) is 0 Å². The van der Waals surface area contributed by atoms with E-state index >= 15 is 0 Å². The molecule has 0 amide bonds. The van der Waals surface area contributed by atoms with Crippen molar-refractivity contribution in [1.82, 2.24) is 0 Å². The lowest BCUT2D eigenvalue weighted by Gasteiger charge is -2.20. The smallest absolute Gasteiger partial charge is 0.0355 e. The highest BCUT2D eigenvalue weighted by Gasteiger charge is 2.20. The SMILES string of the molecule is c1ccc(-c2ccc3c(-c4ccc5sc6ccccc6c5c4)c4cc(-c5ccccc5)ccc4c(-c4ccc5sc6ccccc6c5c4)c3c2)cc1. The first kappa shape index (κ1) is 29.6. The first-order valence-electron chi connectivity index (χ1n) is 17.7. The fourth-order valence-electron chi connectivity index (χ4n) is 8.23. The van der Waals surface area contributed by atoms with E-state index in [4.69, 9.17) is 0 Å². The second kappa shape index (κ2) is 11.7. The van der Waals surface area contributed by atoms with Crippen molar-refractivity contribution in [3.8, 4) is 44.5 Å². The van der Waals surface area contributed by atoms with Crippen molar-refractivity contribution in [1.29, 1.82) is 0 Å². The van der Waals surface area contributed by atoms with Crippen LogP contribution in [0.5, 0.6) is 0 Å². The molecule has 0 N–H and O–H groups in total. The third-order valence-corrected chi connectivity index (χ3v) is 13.0. The molecule has 0 spiro atoms. The molecular formula is C50H30S2. The van der Waals surface area contributed by atoms with Crippen LogP contribution in [0.15, 0.2) is 182 Å². The summed E-state index contributed by atoms with van der Waals surface area (Å²) in [5.74, 6) is 0. The third kappa shape index (κ3) is 4.65. The zero-order chi connectivity index (χ0) is 34.2. The van der Waals surface area contributed by atoms with Crippen molar-refractivity contribution in [3.63, 3.8) is 0 Å². The first-order valence-corrected chi connectivity index (χ1v) is 19.4. The Labute approximate surface area is 309 Å². The monoisotopic (exact) mass is 694 g/mol. The number of benzene rings is 9. The molecule has 11 rings (SSSR count). The van der Waals surface area contributed by atoms with Gasteiger partial charge in [0.05, 0.1) is 0 Å². The Balaban J connectivity index is 1.29. The molecular weight excluding hydrogens is 665 g/mol. The number of hydrogen-bond donors (Lipinski definition) is 0. The standard InChI is InChI=1S/C50H30S2/c1-3-11-31(12-4-1)33-19-23-39-43(27-33)49(35-21-25-47-41(29-35)37-15-7-9-17-45(37)51-47)40-24-20-34(32-13-5-2-6-14-32)28-44(40)50(39)36-22-26-48-42(30-36)38-16-8-10-18-46(38)52-48/h1-30H. The molecule has 0 aliphatic carbocycles. The lowest BCUT2D eigenvalue weighted by atomic mass is 9.83. The van der Waals surface area contributed by atoms with Crippen molar-refractivity contribution in [3.05, 3.63) is 182 Å². The molecule has 52 heavy (non-hydrogen) atoms. The van der Waals surface area contributed by atoms with Gasteiger partial charge in [-0.25, -0.2) is 0 Å². The summed E-state index contributed by atoms with van der Waals surface area (Å²) in [4.78, 5) is 0. The van der Waals surface area contributed by atoms with E-state index in [1.165, 1.54) is 106 Å². The summed E-state index contributed by atoms with van der Waals surface area (Å²) < 4.78 is 5.30. The van der Waals surface area contributed by atoms with Gasteiger partial charge in [0.2, 0.25) is 0 Å². The maximum atomic E-state index is 2.44. The summed E-state index contributed by atoms with van der Waals surface area (Å²) in [6, 6.07) is 67.6. The van der Waals surface area contributed by atoms with Gasteiger partial charge in [0.1, 0.15) is 0 Å². The van der Waals surface area contributed by atoms with Crippen molar-refractivity contribution in [2.45, 2.75) is 0 Å². The van der Waals surface area contributed by atoms with Crippen molar-refractivity contribution < 1.29 is 0 Å². The quantitative estimate of drug-likeness (QED) is 0.161. The molecule has 9 aromatic carbocycles. The van der Waals surface area contributed by atoms with Gasteiger partial charge in [-0.15, -0.1) is 22.7 Å². The summed E-state index contributed by atoms with van der Waals surface area (Å²) in [6.07, 6.45) is 0. The maximum absolute atomic E-state index is 2.44. The van der Waals surface area contributed by atoms with Crippen molar-refractivity contribution in [2.75, 3.05) is 0 Å². The minimum atomic E-state index is 1.22. The van der Waals surface area contributed by atoms with E-state index in [0.717, 1.165) is 0 Å². The average Bonchev–Trinajstić information content (AvgIpc) is 3.78. The van der Waals surface area contributed by atoms with E-state index in [9.17, 15) is 0 Å². The molecule has 0 fully saturated rings. The molecule has 2 heteroatoms. The van der Waals surface area contributed by atoms with E-state index in [2.05, 4.69) is 182 Å². The van der Waals surface area contributed by atoms with E-state index in [1.807, 2.05) is 22.7 Å². The number of fused-ring (bicyclic) bond motifs is 8.